The van der Waals surface area contributed by atoms with Crippen LogP contribution in [0.25, 0.3) is 11.1 Å². The van der Waals surface area contributed by atoms with E-state index < -0.39 is 0 Å². The molecular formula is C68H72BN. The highest BCUT2D eigenvalue weighted by Crippen LogP contribution is 2.52. The van der Waals surface area contributed by atoms with Gasteiger partial charge in [-0.2, -0.15) is 0 Å². The summed E-state index contributed by atoms with van der Waals surface area (Å²) in [6.45, 7) is 31.2. The van der Waals surface area contributed by atoms with E-state index in [1.54, 1.807) is 0 Å². The normalized spacial score (nSPS) is 15.8. The van der Waals surface area contributed by atoms with Gasteiger partial charge in [0.1, 0.15) is 0 Å². The molecular weight excluding hydrogens is 842 g/mol. The van der Waals surface area contributed by atoms with Crippen molar-refractivity contribution in [1.29, 1.82) is 0 Å². The lowest BCUT2D eigenvalue weighted by Gasteiger charge is -2.39. The second kappa shape index (κ2) is 17.5. The Bertz CT molecular complexity index is 3210. The first-order chi connectivity index (χ1) is 33.2. The third-order valence-electron chi connectivity index (χ3n) is 16.1. The lowest BCUT2D eigenvalue weighted by Crippen LogP contribution is -2.60. The predicted octanol–water partition coefficient (Wildman–Crippen LogP) is 15.9. The molecule has 1 unspecified atom stereocenters. The molecule has 10 rings (SSSR count). The van der Waals surface area contributed by atoms with Crippen molar-refractivity contribution in [3.63, 3.8) is 0 Å². The molecule has 1 aliphatic heterocycles. The molecule has 0 fully saturated rings. The predicted molar refractivity (Wildman–Crippen MR) is 303 cm³/mol. The summed E-state index contributed by atoms with van der Waals surface area (Å²) in [7, 11) is 0. The molecule has 1 aliphatic carbocycles. The van der Waals surface area contributed by atoms with E-state index in [1.807, 2.05) is 0 Å². The first-order valence-corrected chi connectivity index (χ1v) is 25.8. The fraction of sp³-hybridized carbons (Fsp3) is 0.294. The van der Waals surface area contributed by atoms with Crippen LogP contribution in [0.3, 0.4) is 0 Å². The molecule has 0 N–H and O–H groups in total. The van der Waals surface area contributed by atoms with Crippen LogP contribution in [0.15, 0.2) is 170 Å². The molecule has 352 valence electrons. The minimum absolute atomic E-state index is 0.00538. The van der Waals surface area contributed by atoms with Crippen molar-refractivity contribution >= 4 is 40.2 Å². The van der Waals surface area contributed by atoms with Crippen molar-refractivity contribution in [3.05, 3.63) is 237 Å². The minimum atomic E-state index is -0.0382. The summed E-state index contributed by atoms with van der Waals surface area (Å²) in [5.41, 5.74) is 27.2. The van der Waals surface area contributed by atoms with Gasteiger partial charge in [-0.05, 0) is 164 Å². The smallest absolute Gasteiger partial charge is 0.242 e. The van der Waals surface area contributed by atoms with Crippen LogP contribution in [-0.4, -0.2) is 6.71 Å². The summed E-state index contributed by atoms with van der Waals surface area (Å²) in [5, 5.41) is 0. The number of para-hydroxylation sites is 2. The highest BCUT2D eigenvalue weighted by atomic mass is 15.1. The van der Waals surface area contributed by atoms with Gasteiger partial charge in [-0.1, -0.05) is 225 Å². The first-order valence-electron chi connectivity index (χ1n) is 25.8. The number of benzene rings is 8. The van der Waals surface area contributed by atoms with Crippen LogP contribution in [0.4, 0.5) is 17.1 Å². The second-order valence-corrected chi connectivity index (χ2v) is 24.3. The maximum Gasteiger partial charge on any atom is 0.242 e. The number of nitrogens with zero attached hydrogens (tertiary/aromatic N) is 1. The average Bonchev–Trinajstić information content (AvgIpc) is 3.50. The van der Waals surface area contributed by atoms with Gasteiger partial charge in [-0.3, -0.25) is 0 Å². The number of anilines is 3. The van der Waals surface area contributed by atoms with E-state index in [-0.39, 0.29) is 34.3 Å². The lowest BCUT2D eigenvalue weighted by molar-refractivity contribution is 0.403. The van der Waals surface area contributed by atoms with Crippen molar-refractivity contribution < 1.29 is 0 Å². The molecule has 2 heteroatoms. The van der Waals surface area contributed by atoms with Crippen LogP contribution >= 0.6 is 0 Å². The van der Waals surface area contributed by atoms with E-state index in [0.717, 1.165) is 24.2 Å². The zero-order valence-corrected chi connectivity index (χ0v) is 44.2. The molecule has 0 radical (unpaired) electrons. The van der Waals surface area contributed by atoms with Crippen molar-refractivity contribution in [3.8, 4) is 11.1 Å². The number of hydrogen-bond donors (Lipinski definition) is 0. The Morgan fingerprint density at radius 2 is 1.00 bits per heavy atom. The zero-order valence-electron chi connectivity index (χ0n) is 44.2. The van der Waals surface area contributed by atoms with Gasteiger partial charge < -0.3 is 4.90 Å². The Hall–Kier alpha value is -6.38. The van der Waals surface area contributed by atoms with Gasteiger partial charge in [0.05, 0.1) is 0 Å². The molecule has 0 amide bonds. The van der Waals surface area contributed by atoms with Crippen LogP contribution in [0.2, 0.25) is 0 Å². The molecule has 1 nitrogen and oxygen atoms in total. The van der Waals surface area contributed by atoms with Gasteiger partial charge >= 0.3 is 0 Å². The van der Waals surface area contributed by atoms with Crippen molar-refractivity contribution in [1.82, 2.24) is 0 Å². The third kappa shape index (κ3) is 8.56. The molecule has 0 saturated carbocycles. The highest BCUT2D eigenvalue weighted by Gasteiger charge is 2.45. The molecule has 70 heavy (non-hydrogen) atoms. The van der Waals surface area contributed by atoms with E-state index in [4.69, 9.17) is 0 Å². The number of fused-ring (bicyclic) bond motifs is 3. The summed E-state index contributed by atoms with van der Waals surface area (Å²) < 4.78 is 0. The number of aryl methyl sites for hydroxylation is 3. The number of rotatable bonds is 8. The van der Waals surface area contributed by atoms with Gasteiger partial charge in [-0.25, -0.2) is 0 Å². The Labute approximate surface area is 421 Å². The van der Waals surface area contributed by atoms with Gasteiger partial charge in [0.2, 0.25) is 6.71 Å². The Morgan fingerprint density at radius 3 is 1.59 bits per heavy atom. The lowest BCUT2D eigenvalue weighted by atomic mass is 9.31. The average molecular weight is 914 g/mol. The Morgan fingerprint density at radius 1 is 0.457 bits per heavy atom. The van der Waals surface area contributed by atoms with Crippen LogP contribution in [0.1, 0.15) is 148 Å². The van der Waals surface area contributed by atoms with E-state index in [9.17, 15) is 0 Å². The van der Waals surface area contributed by atoms with Crippen LogP contribution in [0, 0.1) is 20.8 Å². The van der Waals surface area contributed by atoms with E-state index in [2.05, 4.69) is 265 Å². The number of hydrogen-bond acceptors (Lipinski definition) is 1. The van der Waals surface area contributed by atoms with E-state index in [0.29, 0.717) is 0 Å². The van der Waals surface area contributed by atoms with Gasteiger partial charge in [0.25, 0.3) is 0 Å². The summed E-state index contributed by atoms with van der Waals surface area (Å²) in [6.07, 6.45) is 1.99. The molecule has 8 aromatic carbocycles. The molecule has 0 bridgehead atoms. The molecule has 8 aromatic rings. The van der Waals surface area contributed by atoms with Crippen molar-refractivity contribution in [2.45, 2.75) is 130 Å². The highest BCUT2D eigenvalue weighted by molar-refractivity contribution is 6.97. The maximum absolute atomic E-state index is 2.65. The summed E-state index contributed by atoms with van der Waals surface area (Å²) in [5.74, 6) is 0.0224. The fourth-order valence-electron chi connectivity index (χ4n) is 12.6. The first kappa shape index (κ1) is 47.3. The summed E-state index contributed by atoms with van der Waals surface area (Å²) in [6, 6.07) is 65.2. The van der Waals surface area contributed by atoms with Gasteiger partial charge in [-0.15, -0.1) is 0 Å². The molecule has 1 heterocycles. The molecule has 1 atom stereocenters. The van der Waals surface area contributed by atoms with Crippen LogP contribution in [0.5, 0.6) is 0 Å². The van der Waals surface area contributed by atoms with Crippen LogP contribution < -0.4 is 21.3 Å². The van der Waals surface area contributed by atoms with E-state index in [1.165, 1.54) is 100.0 Å². The Balaban J connectivity index is 1.28. The minimum Gasteiger partial charge on any atom is -0.310 e. The van der Waals surface area contributed by atoms with Crippen molar-refractivity contribution in [2.24, 2.45) is 0 Å². The van der Waals surface area contributed by atoms with Crippen molar-refractivity contribution in [2.75, 3.05) is 4.90 Å². The standard InChI is InChI=1S/C68H72BN/c1-44-35-49(47-23-17-14-18-24-47)30-29-48(44)38-50-31-32-51(65(4,5)6)39-61(50)69-62-40-52(66(7,8)9)33-34-56(62)63(57-42-60-59(37-45(57)2)67(10,11)43-68(60,12)13)58-41-55(36-46(3)64(58)69)70(53-25-19-15-20-26-53)54-27-21-16-22-28-54/h14-37,39-42,63H,38,43H2,1-13H3. The summed E-state index contributed by atoms with van der Waals surface area (Å²) in [4.78, 5) is 2.46. The SMILES string of the molecule is Cc1cc(-c2ccccc2)ccc1Cc1ccc(C(C)(C)C)cc1B1c2cc(C(C)(C)C)ccc2C(c2cc3c(cc2C)C(C)(C)CC3(C)C)c2cc(N(c3ccccc3)c3ccccc3)cc(C)c21. The fourth-order valence-corrected chi connectivity index (χ4v) is 12.6. The molecule has 0 aromatic heterocycles. The van der Waals surface area contributed by atoms with Crippen LogP contribution in [-0.2, 0) is 28.1 Å². The second-order valence-electron chi connectivity index (χ2n) is 24.3. The van der Waals surface area contributed by atoms with E-state index >= 15 is 0 Å². The maximum atomic E-state index is 2.65. The van der Waals surface area contributed by atoms with Gasteiger partial charge in [0, 0.05) is 23.0 Å². The Kier molecular flexibility index (Phi) is 11.8. The topological polar surface area (TPSA) is 3.24 Å². The monoisotopic (exact) mass is 914 g/mol. The molecule has 0 spiro atoms. The quantitative estimate of drug-likeness (QED) is 0.137. The van der Waals surface area contributed by atoms with Gasteiger partial charge in [0.15, 0.2) is 0 Å². The third-order valence-corrected chi connectivity index (χ3v) is 16.1. The molecule has 0 saturated heterocycles. The zero-order chi connectivity index (χ0) is 49.5. The largest absolute Gasteiger partial charge is 0.310 e. The summed E-state index contributed by atoms with van der Waals surface area (Å²) >= 11 is 0. The molecule has 2 aliphatic rings.